The van der Waals surface area contributed by atoms with Crippen LogP contribution in [0.25, 0.3) is 0 Å². The van der Waals surface area contributed by atoms with Gasteiger partial charge in [0.25, 0.3) is 0 Å². The van der Waals surface area contributed by atoms with E-state index in [-0.39, 0.29) is 108 Å². The quantitative estimate of drug-likeness (QED) is 0.0116. The molecule has 656 valence electrons. The van der Waals surface area contributed by atoms with Crippen LogP contribution in [0.2, 0.25) is 0 Å². The summed E-state index contributed by atoms with van der Waals surface area (Å²) in [6.45, 7) is 6.73. The molecule has 0 aliphatic carbocycles. The molecule has 116 heavy (non-hydrogen) atoms. The maximum absolute atomic E-state index is 14.7. The third kappa shape index (κ3) is 41.7. The number of amides is 11. The summed E-state index contributed by atoms with van der Waals surface area (Å²) >= 11 is 5.44. The number of nitrogens with two attached hydrogens (primary N) is 4. The average molecular weight is 1680 g/mol. The first-order chi connectivity index (χ1) is 55.1. The number of thioether (sulfide) groups is 1. The molecule has 1 aromatic rings. The van der Waals surface area contributed by atoms with E-state index in [1.807, 2.05) is 0 Å². The second kappa shape index (κ2) is 58.0. The molecule has 2 rings (SSSR count). The van der Waals surface area contributed by atoms with Crippen molar-refractivity contribution >= 4 is 119 Å². The molecule has 1 aliphatic rings. The Bertz CT molecular complexity index is 3310. The van der Waals surface area contributed by atoms with E-state index in [4.69, 9.17) is 27.7 Å². The molecule has 1 aliphatic heterocycles. The fraction of sp³-hybridized carbons (Fsp3) is 0.711. The number of aliphatic imine (C=N–C) groups is 1. The summed E-state index contributed by atoms with van der Waals surface area (Å²) in [7, 11) is 0. The molecule has 38 nitrogen and oxygen atoms in total. The Morgan fingerprint density at radius 3 is 1.62 bits per heavy atom. The van der Waals surface area contributed by atoms with Gasteiger partial charge in [-0.15, -0.1) is 0 Å². The van der Waals surface area contributed by atoms with Gasteiger partial charge in [-0.2, -0.15) is 24.4 Å². The van der Waals surface area contributed by atoms with Crippen LogP contribution >= 0.6 is 24.4 Å². The molecule has 0 aromatic heterocycles. The summed E-state index contributed by atoms with van der Waals surface area (Å²) in [5.74, 6) is -17.2. The zero-order chi connectivity index (χ0) is 86.8. The second-order valence-electron chi connectivity index (χ2n) is 29.3. The number of likely N-dealkylation sites (tertiary alicyclic amines) is 1. The predicted molar refractivity (Wildman–Crippen MR) is 434 cm³/mol. The summed E-state index contributed by atoms with van der Waals surface area (Å²) in [5.41, 5.74) is 23.4. The monoisotopic (exact) mass is 1680 g/mol. The normalized spacial score (nSPS) is 15.9. The van der Waals surface area contributed by atoms with Gasteiger partial charge in [-0.1, -0.05) is 128 Å². The number of rotatable bonds is 62. The highest BCUT2D eigenvalue weighted by atomic mass is 32.2. The second-order valence-corrected chi connectivity index (χ2v) is 30.8. The van der Waals surface area contributed by atoms with Gasteiger partial charge in [0.15, 0.2) is 12.0 Å². The van der Waals surface area contributed by atoms with E-state index in [1.165, 1.54) is 69.5 Å². The minimum atomic E-state index is -1.91. The van der Waals surface area contributed by atoms with Crippen molar-refractivity contribution in [3.63, 3.8) is 0 Å². The number of aliphatic carboxylic acids is 3. The van der Waals surface area contributed by atoms with Crippen LogP contribution in [-0.2, 0) is 83.1 Å². The third-order valence-corrected chi connectivity index (χ3v) is 20.3. The van der Waals surface area contributed by atoms with Crippen molar-refractivity contribution in [1.82, 2.24) is 58.1 Å². The Labute approximate surface area is 687 Å². The highest BCUT2D eigenvalue weighted by Gasteiger charge is 2.42. The number of unbranched alkanes of at least 4 members (excludes halogenated alkanes) is 13. The van der Waals surface area contributed by atoms with Crippen LogP contribution in [0.3, 0.4) is 0 Å². The zero-order valence-corrected chi connectivity index (χ0v) is 69.1. The zero-order valence-electron chi connectivity index (χ0n) is 67.4. The van der Waals surface area contributed by atoms with Crippen molar-refractivity contribution in [2.75, 3.05) is 50.1 Å². The largest absolute Gasteiger partial charge is 0.481 e. The van der Waals surface area contributed by atoms with Crippen molar-refractivity contribution in [3.05, 3.63) is 35.9 Å². The van der Waals surface area contributed by atoms with Crippen molar-refractivity contribution < 1.29 is 107 Å². The number of guanidine groups is 1. The number of carboxylic acids is 3. The Morgan fingerprint density at radius 2 is 1.06 bits per heavy atom. The van der Waals surface area contributed by atoms with Crippen LogP contribution in [0.15, 0.2) is 35.3 Å². The van der Waals surface area contributed by atoms with Crippen LogP contribution in [-0.4, -0.2) is 265 Å². The number of thiol groups is 1. The minimum Gasteiger partial charge on any atom is -0.481 e. The average Bonchev–Trinajstić information content (AvgIpc) is 1.62. The standard InChI is InChI=1S/C76H128N16O22S2/c1-6-7-8-9-10-11-12-13-14-15-16-17-21-31-61(100)114-37-38-116-44-49(78)64(101)85-55(41-60(98)99)69(106)89-57(43-115)71(108)87-54(40-48-26-19-18-20-27-48)68(105)86-53(39-45(2)3)67(104)88-56(42-93)70(107)84-52(29-24-35-81-76(79)80)74(111)92-36-25-30-58(92)72(109)90-62(46(4)94)73(110)83-51(32-33-59(96)97)65(102)82-50(28-22-23-34-77)66(103)91-63(47(5)95)75(112)113/h18-20,26-27,45-47,49-58,62-63,93-95,115H,6-17,21-25,28-44,77-78H2,1-5H3,(H,82,102)(H,83,110)(H,84,107)(H,85,101)(H,86,105)(H,87,108)(H,88,104)(H,89,106)(H,90,109)(H,91,103)(H,96,97)(H,98,99)(H,112,113)(H4,79,80,81)/t46-,47-,49+,50+,51+,52+,53+,54+,55+,56+,57+,58+,62+,63+/m1/s1. The SMILES string of the molecule is CCCCCCCCCCCCCCCC(=O)OCCSC[C@H](N)C(=O)N[C@@H](CC(=O)O)C(=O)N[C@@H](CS)C(=O)N[C@@H](Cc1ccccc1)C(=O)N[C@@H](CC(C)C)C(=O)N[C@@H](CO)C(=O)N[C@@H](CCCN=C(N)N)C(=O)N1CCC[C@H]1C(=O)N[C@H](C(=O)N[C@@H](CCC(=O)O)C(=O)N[C@@H](CCCCN)C(=O)N[C@H](C(=O)O)[C@@H](C)O)[C@@H](C)O. The number of nitrogens with one attached hydrogen (secondary N) is 10. The van der Waals surface area contributed by atoms with E-state index in [0.717, 1.165) is 38.0 Å². The Balaban J connectivity index is 2.29. The third-order valence-electron chi connectivity index (χ3n) is 18.9. The van der Waals surface area contributed by atoms with Gasteiger partial charge < -0.3 is 116 Å². The molecule has 1 heterocycles. The number of aliphatic hydroxyl groups excluding tert-OH is 3. The highest BCUT2D eigenvalue weighted by molar-refractivity contribution is 7.99. The topological polar surface area (TPSA) is 627 Å². The van der Waals surface area contributed by atoms with Crippen molar-refractivity contribution in [3.8, 4) is 0 Å². The van der Waals surface area contributed by atoms with Crippen LogP contribution in [0.1, 0.15) is 201 Å². The van der Waals surface area contributed by atoms with Crippen molar-refractivity contribution in [2.45, 2.75) is 286 Å². The van der Waals surface area contributed by atoms with Gasteiger partial charge in [-0.25, -0.2) is 4.79 Å². The molecule has 0 spiro atoms. The van der Waals surface area contributed by atoms with Gasteiger partial charge in [-0.3, -0.25) is 72.1 Å². The molecule has 40 heteroatoms. The van der Waals surface area contributed by atoms with E-state index in [2.05, 4.69) is 77.7 Å². The van der Waals surface area contributed by atoms with Gasteiger partial charge in [0.2, 0.25) is 65.0 Å². The maximum Gasteiger partial charge on any atom is 0.328 e. The fourth-order valence-corrected chi connectivity index (χ4v) is 13.5. The van der Waals surface area contributed by atoms with Gasteiger partial charge in [0.05, 0.1) is 31.3 Å². The fourth-order valence-electron chi connectivity index (χ4n) is 12.4. The number of esters is 1. The summed E-state index contributed by atoms with van der Waals surface area (Å²) in [4.78, 5) is 208. The summed E-state index contributed by atoms with van der Waals surface area (Å²) in [5, 5.41) is 84.6. The molecule has 1 saturated heterocycles. The molecular formula is C76H128N16O22S2. The minimum absolute atomic E-state index is 0.00517. The molecule has 0 saturated carbocycles. The van der Waals surface area contributed by atoms with E-state index in [9.17, 15) is 103 Å². The number of carboxylic acid groups (broad SMARTS) is 3. The Morgan fingerprint density at radius 1 is 0.560 bits per heavy atom. The van der Waals surface area contributed by atoms with Crippen LogP contribution in [0.4, 0.5) is 0 Å². The van der Waals surface area contributed by atoms with E-state index >= 15 is 0 Å². The number of hydrogen-bond acceptors (Lipinski definition) is 24. The van der Waals surface area contributed by atoms with Crippen LogP contribution < -0.4 is 76.1 Å². The Kier molecular flexibility index (Phi) is 51.5. The van der Waals surface area contributed by atoms with Crippen molar-refractivity contribution in [1.29, 1.82) is 0 Å². The lowest BCUT2D eigenvalue weighted by Crippen LogP contribution is -2.62. The summed E-state index contributed by atoms with van der Waals surface area (Å²) in [6.07, 6.45) is 9.87. The molecule has 0 bridgehead atoms. The first-order valence-corrected chi connectivity index (χ1v) is 41.7. The molecule has 11 amide bonds. The lowest BCUT2D eigenvalue weighted by molar-refractivity contribution is -0.145. The maximum atomic E-state index is 14.7. The van der Waals surface area contributed by atoms with E-state index in [1.54, 1.807) is 44.2 Å². The molecular weight excluding hydrogens is 1550 g/mol. The van der Waals surface area contributed by atoms with Crippen LogP contribution in [0, 0.1) is 5.92 Å². The lowest BCUT2D eigenvalue weighted by atomic mass is 10.0. The number of carbonyl (C=O) groups excluding carboxylic acids is 12. The molecule has 0 unspecified atom stereocenters. The molecule has 14 atom stereocenters. The number of ether oxygens (including phenoxy) is 1. The molecule has 0 radical (unpaired) electrons. The first kappa shape index (κ1) is 103. The summed E-state index contributed by atoms with van der Waals surface area (Å²) < 4.78 is 5.35. The number of carbonyl (C=O) groups is 15. The van der Waals surface area contributed by atoms with E-state index < -0.39 is 199 Å². The Hall–Kier alpha value is -8.96. The summed E-state index contributed by atoms with van der Waals surface area (Å²) in [6, 6.07) is -11.2. The van der Waals surface area contributed by atoms with Gasteiger partial charge in [0, 0.05) is 49.6 Å². The molecule has 1 fully saturated rings. The predicted octanol–water partition coefficient (Wildman–Crippen LogP) is -1.51. The van der Waals surface area contributed by atoms with Gasteiger partial charge >= 0.3 is 23.9 Å². The molecule has 1 aromatic carbocycles. The van der Waals surface area contributed by atoms with Crippen molar-refractivity contribution in [2.24, 2.45) is 33.8 Å². The number of aliphatic hydroxyl groups is 3. The first-order valence-electron chi connectivity index (χ1n) is 40.0. The molecule has 24 N–H and O–H groups in total. The van der Waals surface area contributed by atoms with Gasteiger partial charge in [-0.05, 0) is 96.1 Å². The highest BCUT2D eigenvalue weighted by Crippen LogP contribution is 2.22. The van der Waals surface area contributed by atoms with Gasteiger partial charge in [0.1, 0.15) is 67.0 Å². The van der Waals surface area contributed by atoms with Crippen LogP contribution in [0.5, 0.6) is 0 Å². The number of hydrogen-bond donors (Lipinski definition) is 21. The number of nitrogens with zero attached hydrogens (tertiary/aromatic N) is 2. The smallest absolute Gasteiger partial charge is 0.328 e. The number of benzene rings is 1. The lowest BCUT2D eigenvalue weighted by Gasteiger charge is -2.31. The van der Waals surface area contributed by atoms with E-state index in [0.29, 0.717) is 24.2 Å².